The van der Waals surface area contributed by atoms with E-state index in [0.717, 1.165) is 48.7 Å². The van der Waals surface area contributed by atoms with Gasteiger partial charge < -0.3 is 10.2 Å². The summed E-state index contributed by atoms with van der Waals surface area (Å²) in [5.41, 5.74) is 2.43. The van der Waals surface area contributed by atoms with Crippen molar-refractivity contribution in [3.05, 3.63) is 42.6 Å². The molecule has 0 saturated carbocycles. The number of aromatic nitrogens is 3. The summed E-state index contributed by atoms with van der Waals surface area (Å²) in [6.45, 7) is 3.84. The Bertz CT molecular complexity index is 860. The highest BCUT2D eigenvalue weighted by Crippen LogP contribution is 2.17. The summed E-state index contributed by atoms with van der Waals surface area (Å²) in [5.74, 6) is 0.991. The van der Waals surface area contributed by atoms with Gasteiger partial charge in [0, 0.05) is 38.1 Å². The average Bonchev–Trinajstić information content (AvgIpc) is 3.11. The maximum Gasteiger partial charge on any atom is 0.238 e. The van der Waals surface area contributed by atoms with Crippen LogP contribution in [0.25, 0.3) is 11.0 Å². The number of rotatable bonds is 4. The van der Waals surface area contributed by atoms with Crippen LogP contribution in [0.2, 0.25) is 0 Å². The van der Waals surface area contributed by atoms with Crippen molar-refractivity contribution in [1.82, 2.24) is 18.6 Å². The molecular weight excluding hydrogens is 336 g/mol. The molecule has 7 nitrogen and oxygen atoms in total. The number of carbonyl (C=O) groups excluding carboxylic acids is 1. The summed E-state index contributed by atoms with van der Waals surface area (Å²) in [6.07, 6.45) is 1.81. The van der Waals surface area contributed by atoms with Crippen LogP contribution in [-0.4, -0.2) is 57.3 Å². The van der Waals surface area contributed by atoms with Crippen LogP contribution in [0.5, 0.6) is 0 Å². The van der Waals surface area contributed by atoms with E-state index in [1.165, 1.54) is 11.7 Å². The highest BCUT2D eigenvalue weighted by Gasteiger charge is 2.19. The molecule has 2 aromatic heterocycles. The van der Waals surface area contributed by atoms with Crippen molar-refractivity contribution in [2.75, 3.05) is 42.9 Å². The summed E-state index contributed by atoms with van der Waals surface area (Å²) in [7, 11) is 0. The van der Waals surface area contributed by atoms with Crippen LogP contribution in [0.15, 0.2) is 42.6 Å². The molecule has 4 rings (SSSR count). The van der Waals surface area contributed by atoms with Crippen molar-refractivity contribution in [1.29, 1.82) is 0 Å². The molecule has 1 N–H and O–H groups in total. The molecule has 1 fully saturated rings. The normalized spacial score (nSPS) is 15.4. The summed E-state index contributed by atoms with van der Waals surface area (Å²) in [4.78, 5) is 21.1. The molecule has 0 unspecified atom stereocenters. The predicted octanol–water partition coefficient (Wildman–Crippen LogP) is 1.85. The van der Waals surface area contributed by atoms with Gasteiger partial charge in [0.1, 0.15) is 16.9 Å². The van der Waals surface area contributed by atoms with Crippen molar-refractivity contribution < 1.29 is 4.79 Å². The van der Waals surface area contributed by atoms with Gasteiger partial charge in [-0.3, -0.25) is 9.69 Å². The number of nitrogens with one attached hydrogen (secondary N) is 1. The highest BCUT2D eigenvalue weighted by molar-refractivity contribution is 7.00. The number of fused-ring (bicyclic) bond motifs is 1. The van der Waals surface area contributed by atoms with Gasteiger partial charge in [-0.2, -0.15) is 8.75 Å². The van der Waals surface area contributed by atoms with Gasteiger partial charge in [0.25, 0.3) is 0 Å². The van der Waals surface area contributed by atoms with E-state index < -0.39 is 0 Å². The fraction of sp³-hybridized carbons (Fsp3) is 0.294. The second-order valence-corrected chi connectivity index (χ2v) is 6.50. The monoisotopic (exact) mass is 354 g/mol. The fourth-order valence-corrected chi connectivity index (χ4v) is 3.46. The molecule has 0 aliphatic carbocycles. The van der Waals surface area contributed by atoms with Crippen molar-refractivity contribution in [2.45, 2.75) is 0 Å². The first kappa shape index (κ1) is 15.9. The summed E-state index contributed by atoms with van der Waals surface area (Å²) < 4.78 is 8.36. The first-order valence-corrected chi connectivity index (χ1v) is 8.91. The van der Waals surface area contributed by atoms with Crippen LogP contribution >= 0.6 is 11.7 Å². The average molecular weight is 354 g/mol. The Morgan fingerprint density at radius 2 is 1.92 bits per heavy atom. The molecule has 25 heavy (non-hydrogen) atoms. The first-order chi connectivity index (χ1) is 12.3. The standard InChI is InChI=1S/C17H18N6OS/c24-17(19-13-4-5-14-15(11-13)21-25-20-14)12-22-7-9-23(10-8-22)16-3-1-2-6-18-16/h1-6,11H,7-10,12H2,(H,19,24). The molecule has 0 radical (unpaired) electrons. The lowest BCUT2D eigenvalue weighted by molar-refractivity contribution is -0.117. The lowest BCUT2D eigenvalue weighted by Crippen LogP contribution is -2.48. The van der Waals surface area contributed by atoms with Gasteiger partial charge in [-0.25, -0.2) is 4.98 Å². The largest absolute Gasteiger partial charge is 0.354 e. The maximum atomic E-state index is 12.3. The quantitative estimate of drug-likeness (QED) is 0.771. The molecule has 1 amide bonds. The molecule has 3 heterocycles. The van der Waals surface area contributed by atoms with E-state index in [9.17, 15) is 4.79 Å². The molecule has 0 atom stereocenters. The van der Waals surface area contributed by atoms with E-state index in [4.69, 9.17) is 0 Å². The number of anilines is 2. The Labute approximate surface area is 149 Å². The number of amides is 1. The first-order valence-electron chi connectivity index (χ1n) is 8.18. The van der Waals surface area contributed by atoms with E-state index in [-0.39, 0.29) is 5.91 Å². The number of nitrogens with zero attached hydrogens (tertiary/aromatic N) is 5. The molecule has 0 bridgehead atoms. The predicted molar refractivity (Wildman–Crippen MR) is 98.9 cm³/mol. The second-order valence-electron chi connectivity index (χ2n) is 5.97. The van der Waals surface area contributed by atoms with Gasteiger partial charge in [-0.15, -0.1) is 0 Å². The Hall–Kier alpha value is -2.58. The number of benzene rings is 1. The van der Waals surface area contributed by atoms with Crippen LogP contribution in [0.4, 0.5) is 11.5 Å². The molecule has 0 spiro atoms. The number of piperazine rings is 1. The third-order valence-electron chi connectivity index (χ3n) is 4.25. The molecule has 1 aromatic carbocycles. The van der Waals surface area contributed by atoms with E-state index >= 15 is 0 Å². The Morgan fingerprint density at radius 1 is 1.08 bits per heavy atom. The van der Waals surface area contributed by atoms with Crippen LogP contribution in [0, 0.1) is 0 Å². The Kier molecular flexibility index (Phi) is 4.53. The van der Waals surface area contributed by atoms with Gasteiger partial charge >= 0.3 is 0 Å². The molecule has 1 aliphatic heterocycles. The smallest absolute Gasteiger partial charge is 0.238 e. The lowest BCUT2D eigenvalue weighted by atomic mass is 10.2. The van der Waals surface area contributed by atoms with Crippen LogP contribution in [0.3, 0.4) is 0 Å². The lowest BCUT2D eigenvalue weighted by Gasteiger charge is -2.34. The fourth-order valence-electron chi connectivity index (χ4n) is 2.94. The minimum absolute atomic E-state index is 0.00572. The molecule has 8 heteroatoms. The van der Waals surface area contributed by atoms with Gasteiger partial charge in [0.05, 0.1) is 18.3 Å². The maximum absolute atomic E-state index is 12.3. The second kappa shape index (κ2) is 7.12. The Balaban J connectivity index is 1.30. The van der Waals surface area contributed by atoms with E-state index in [1.807, 2.05) is 42.6 Å². The summed E-state index contributed by atoms with van der Waals surface area (Å²) in [5, 5.41) is 2.94. The highest BCUT2D eigenvalue weighted by atomic mass is 32.1. The van der Waals surface area contributed by atoms with Crippen molar-refractivity contribution in [3.8, 4) is 0 Å². The number of hydrogen-bond donors (Lipinski definition) is 1. The van der Waals surface area contributed by atoms with E-state index in [0.29, 0.717) is 6.54 Å². The van der Waals surface area contributed by atoms with Gasteiger partial charge in [-0.05, 0) is 30.3 Å². The SMILES string of the molecule is O=C(CN1CCN(c2ccccn2)CC1)Nc1ccc2nsnc2c1. The molecule has 128 valence electrons. The van der Waals surface area contributed by atoms with Gasteiger partial charge in [-0.1, -0.05) is 6.07 Å². The van der Waals surface area contributed by atoms with Crippen molar-refractivity contribution in [3.63, 3.8) is 0 Å². The molecule has 1 aliphatic rings. The zero-order chi connectivity index (χ0) is 17.1. The minimum Gasteiger partial charge on any atom is -0.354 e. The van der Waals surface area contributed by atoms with Crippen molar-refractivity contribution in [2.24, 2.45) is 0 Å². The summed E-state index contributed by atoms with van der Waals surface area (Å²) in [6, 6.07) is 11.5. The third-order valence-corrected chi connectivity index (χ3v) is 4.81. The third kappa shape index (κ3) is 3.75. The van der Waals surface area contributed by atoms with Crippen LogP contribution < -0.4 is 10.2 Å². The van der Waals surface area contributed by atoms with E-state index in [2.05, 4.69) is 28.8 Å². The van der Waals surface area contributed by atoms with Crippen LogP contribution in [-0.2, 0) is 4.79 Å². The zero-order valence-electron chi connectivity index (χ0n) is 13.6. The van der Waals surface area contributed by atoms with E-state index in [1.54, 1.807) is 0 Å². The molecule has 3 aromatic rings. The number of pyridine rings is 1. The molecular formula is C17H18N6OS. The zero-order valence-corrected chi connectivity index (χ0v) is 14.4. The van der Waals surface area contributed by atoms with Crippen molar-refractivity contribution >= 4 is 40.2 Å². The Morgan fingerprint density at radius 3 is 2.72 bits per heavy atom. The number of carbonyl (C=O) groups is 1. The molecule has 1 saturated heterocycles. The van der Waals surface area contributed by atoms with Gasteiger partial charge in [0.2, 0.25) is 5.91 Å². The summed E-state index contributed by atoms with van der Waals surface area (Å²) >= 11 is 1.18. The minimum atomic E-state index is -0.00572. The van der Waals surface area contributed by atoms with Gasteiger partial charge in [0.15, 0.2) is 0 Å². The number of hydrogen-bond acceptors (Lipinski definition) is 7. The topological polar surface area (TPSA) is 74.2 Å². The van der Waals surface area contributed by atoms with Crippen LogP contribution in [0.1, 0.15) is 0 Å².